The Morgan fingerprint density at radius 2 is 1.86 bits per heavy atom. The number of sulfonamides is 1. The van der Waals surface area contributed by atoms with Crippen LogP contribution in [-0.2, 0) is 26.2 Å². The summed E-state index contributed by atoms with van der Waals surface area (Å²) >= 11 is 6.97. The first-order chi connectivity index (χ1) is 13.4. The summed E-state index contributed by atoms with van der Waals surface area (Å²) in [4.78, 5) is 24.0. The van der Waals surface area contributed by atoms with E-state index >= 15 is 0 Å². The van der Waals surface area contributed by atoms with Gasteiger partial charge in [0.1, 0.15) is 4.21 Å². The molecule has 1 aliphatic heterocycles. The van der Waals surface area contributed by atoms with Crippen molar-refractivity contribution >= 4 is 44.8 Å². The molecule has 2 heterocycles. The Kier molecular flexibility index (Phi) is 6.71. The highest BCUT2D eigenvalue weighted by Crippen LogP contribution is 2.28. The highest BCUT2D eigenvalue weighted by Gasteiger charge is 2.36. The zero-order chi connectivity index (χ0) is 20.1. The lowest BCUT2D eigenvalue weighted by molar-refractivity contribution is -0.139. The van der Waals surface area contributed by atoms with Gasteiger partial charge in [0, 0.05) is 30.7 Å². The van der Waals surface area contributed by atoms with Gasteiger partial charge in [0.2, 0.25) is 0 Å². The van der Waals surface area contributed by atoms with Crippen LogP contribution in [0.25, 0.3) is 0 Å². The minimum absolute atomic E-state index is 0.0950. The third-order valence-electron chi connectivity index (χ3n) is 4.45. The molecule has 28 heavy (non-hydrogen) atoms. The SMILES string of the molecule is O=C(NCc1ccc(Cl)cc1)C(=O)NC[C@H]1CCCN1S(=O)(=O)c1cccs1. The zero-order valence-corrected chi connectivity index (χ0v) is 17.3. The number of rotatable bonds is 6. The van der Waals surface area contributed by atoms with Crippen molar-refractivity contribution in [1.82, 2.24) is 14.9 Å². The van der Waals surface area contributed by atoms with Crippen LogP contribution in [0.15, 0.2) is 46.0 Å². The Hall–Kier alpha value is -1.94. The van der Waals surface area contributed by atoms with Crippen molar-refractivity contribution in [3.63, 3.8) is 0 Å². The first-order valence-corrected chi connectivity index (χ1v) is 11.4. The maximum atomic E-state index is 12.7. The second kappa shape index (κ2) is 9.04. The van der Waals surface area contributed by atoms with Gasteiger partial charge < -0.3 is 10.6 Å². The van der Waals surface area contributed by atoms with E-state index in [4.69, 9.17) is 11.6 Å². The van der Waals surface area contributed by atoms with Gasteiger partial charge in [-0.15, -0.1) is 11.3 Å². The number of hydrogen-bond acceptors (Lipinski definition) is 5. The quantitative estimate of drug-likeness (QED) is 0.670. The molecule has 7 nitrogen and oxygen atoms in total. The summed E-state index contributed by atoms with van der Waals surface area (Å²) in [5.74, 6) is -1.55. The number of nitrogens with one attached hydrogen (secondary N) is 2. The first-order valence-electron chi connectivity index (χ1n) is 8.74. The van der Waals surface area contributed by atoms with Gasteiger partial charge in [-0.1, -0.05) is 29.8 Å². The summed E-state index contributed by atoms with van der Waals surface area (Å²) < 4.78 is 27.1. The molecule has 1 fully saturated rings. The standard InChI is InChI=1S/C18H20ClN3O4S2/c19-14-7-5-13(6-8-14)11-20-17(23)18(24)21-12-15-3-1-9-22(15)28(25,26)16-4-2-10-27-16/h2,4-8,10,15H,1,3,9,11-12H2,(H,20,23)(H,21,24)/t15-/m1/s1. The van der Waals surface area contributed by atoms with Crippen molar-refractivity contribution in [1.29, 1.82) is 0 Å². The van der Waals surface area contributed by atoms with Crippen LogP contribution in [-0.4, -0.2) is 43.7 Å². The number of amides is 2. The number of benzene rings is 1. The molecule has 150 valence electrons. The average Bonchev–Trinajstić information content (AvgIpc) is 3.37. The summed E-state index contributed by atoms with van der Waals surface area (Å²) in [6, 6.07) is 9.81. The first kappa shape index (κ1) is 20.8. The molecule has 0 unspecified atom stereocenters. The number of hydrogen-bond donors (Lipinski definition) is 2. The summed E-state index contributed by atoms with van der Waals surface area (Å²) in [6.45, 7) is 0.701. The number of halogens is 1. The molecule has 0 radical (unpaired) electrons. The van der Waals surface area contributed by atoms with Crippen LogP contribution in [0.2, 0.25) is 5.02 Å². The molecule has 10 heteroatoms. The summed E-state index contributed by atoms with van der Waals surface area (Å²) in [5.41, 5.74) is 0.814. The molecule has 0 bridgehead atoms. The van der Waals surface area contributed by atoms with Gasteiger partial charge in [0.05, 0.1) is 0 Å². The highest BCUT2D eigenvalue weighted by atomic mass is 35.5. The van der Waals surface area contributed by atoms with Crippen LogP contribution in [0, 0.1) is 0 Å². The smallest absolute Gasteiger partial charge is 0.309 e. The Morgan fingerprint density at radius 1 is 1.14 bits per heavy atom. The van der Waals surface area contributed by atoms with Crippen molar-refractivity contribution in [3.8, 4) is 0 Å². The fraction of sp³-hybridized carbons (Fsp3) is 0.333. The van der Waals surface area contributed by atoms with Gasteiger partial charge in [0.15, 0.2) is 0 Å². The molecule has 0 saturated carbocycles. The second-order valence-electron chi connectivity index (χ2n) is 6.36. The monoisotopic (exact) mass is 441 g/mol. The lowest BCUT2D eigenvalue weighted by Gasteiger charge is -2.23. The zero-order valence-electron chi connectivity index (χ0n) is 14.9. The Labute approximate surface area is 172 Å². The fourth-order valence-corrected chi connectivity index (χ4v) is 5.95. The molecule has 0 spiro atoms. The van der Waals surface area contributed by atoms with Crippen molar-refractivity contribution < 1.29 is 18.0 Å². The number of carbonyl (C=O) groups excluding carboxylic acids is 2. The maximum absolute atomic E-state index is 12.7. The molecule has 2 aromatic rings. The fourth-order valence-electron chi connectivity index (χ4n) is 3.01. The van der Waals surface area contributed by atoms with Gasteiger partial charge in [0.25, 0.3) is 10.0 Å². The molecule has 1 saturated heterocycles. The van der Waals surface area contributed by atoms with Gasteiger partial charge in [-0.3, -0.25) is 9.59 Å². The largest absolute Gasteiger partial charge is 0.346 e. The Morgan fingerprint density at radius 3 is 2.54 bits per heavy atom. The molecule has 2 N–H and O–H groups in total. The summed E-state index contributed by atoms with van der Waals surface area (Å²) in [5, 5.41) is 7.38. The third kappa shape index (κ3) is 4.91. The second-order valence-corrected chi connectivity index (χ2v) is 9.86. The summed E-state index contributed by atoms with van der Waals surface area (Å²) in [6.07, 6.45) is 1.35. The van der Waals surface area contributed by atoms with Gasteiger partial charge >= 0.3 is 11.8 Å². The van der Waals surface area contributed by atoms with E-state index in [2.05, 4.69) is 10.6 Å². The predicted molar refractivity (Wildman–Crippen MR) is 108 cm³/mol. The predicted octanol–water partition coefficient (Wildman–Crippen LogP) is 1.99. The number of thiophene rings is 1. The van der Waals surface area contributed by atoms with Crippen LogP contribution in [0.5, 0.6) is 0 Å². The van der Waals surface area contributed by atoms with E-state index in [1.165, 1.54) is 4.31 Å². The average molecular weight is 442 g/mol. The van der Waals surface area contributed by atoms with Crippen molar-refractivity contribution in [2.45, 2.75) is 29.6 Å². The molecule has 0 aliphatic carbocycles. The van der Waals surface area contributed by atoms with E-state index in [1.807, 2.05) is 0 Å². The van der Waals surface area contributed by atoms with Gasteiger partial charge in [-0.2, -0.15) is 4.31 Å². The molecular weight excluding hydrogens is 422 g/mol. The third-order valence-corrected chi connectivity index (χ3v) is 8.03. The maximum Gasteiger partial charge on any atom is 0.309 e. The van der Waals surface area contributed by atoms with Crippen molar-refractivity contribution in [2.75, 3.05) is 13.1 Å². The topological polar surface area (TPSA) is 95.6 Å². The highest BCUT2D eigenvalue weighted by molar-refractivity contribution is 7.91. The molecule has 2 amide bonds. The van der Waals surface area contributed by atoms with Gasteiger partial charge in [-0.05, 0) is 42.0 Å². The van der Waals surface area contributed by atoms with E-state index in [9.17, 15) is 18.0 Å². The Bertz CT molecular complexity index is 930. The molecule has 1 aromatic carbocycles. The molecular formula is C18H20ClN3O4S2. The number of nitrogens with zero attached hydrogens (tertiary/aromatic N) is 1. The van der Waals surface area contributed by atoms with E-state index in [-0.39, 0.29) is 23.3 Å². The minimum Gasteiger partial charge on any atom is -0.346 e. The van der Waals surface area contributed by atoms with Crippen LogP contribution in [0.1, 0.15) is 18.4 Å². The lowest BCUT2D eigenvalue weighted by atomic mass is 10.2. The van der Waals surface area contributed by atoms with E-state index in [1.54, 1.807) is 41.8 Å². The van der Waals surface area contributed by atoms with E-state index in [0.29, 0.717) is 24.4 Å². The molecule has 3 rings (SSSR count). The molecule has 1 aliphatic rings. The number of carbonyl (C=O) groups is 2. The van der Waals surface area contributed by atoms with Crippen LogP contribution in [0.4, 0.5) is 0 Å². The van der Waals surface area contributed by atoms with E-state index < -0.39 is 21.8 Å². The molecule has 1 atom stereocenters. The van der Waals surface area contributed by atoms with Crippen LogP contribution in [0.3, 0.4) is 0 Å². The minimum atomic E-state index is -3.57. The van der Waals surface area contributed by atoms with Crippen LogP contribution >= 0.6 is 22.9 Å². The van der Waals surface area contributed by atoms with Crippen molar-refractivity contribution in [3.05, 3.63) is 52.4 Å². The van der Waals surface area contributed by atoms with Crippen LogP contribution < -0.4 is 10.6 Å². The van der Waals surface area contributed by atoms with E-state index in [0.717, 1.165) is 16.9 Å². The lowest BCUT2D eigenvalue weighted by Crippen LogP contribution is -2.46. The Balaban J connectivity index is 1.51. The molecule has 1 aromatic heterocycles. The van der Waals surface area contributed by atoms with Crippen molar-refractivity contribution in [2.24, 2.45) is 0 Å². The normalized spacial score (nSPS) is 17.4. The summed E-state index contributed by atoms with van der Waals surface area (Å²) in [7, 11) is -3.57. The van der Waals surface area contributed by atoms with Gasteiger partial charge in [-0.25, -0.2) is 8.42 Å².